The van der Waals surface area contributed by atoms with Gasteiger partial charge in [0.2, 0.25) is 5.76 Å². The molecule has 0 fully saturated rings. The lowest BCUT2D eigenvalue weighted by atomic mass is 10.1. The van der Waals surface area contributed by atoms with Gasteiger partial charge in [0, 0.05) is 5.39 Å². The number of carbonyl (C=O) groups is 2. The summed E-state index contributed by atoms with van der Waals surface area (Å²) in [5.41, 5.74) is -1.25. The molecule has 9 heteroatoms. The van der Waals surface area contributed by atoms with E-state index in [2.05, 4.69) is 0 Å². The molecule has 0 atom stereocenters. The largest absolute Gasteiger partial charge is 0.450 e. The summed E-state index contributed by atoms with van der Waals surface area (Å²) in [5, 5.41) is 2.40. The maximum absolute atomic E-state index is 13.0. The summed E-state index contributed by atoms with van der Waals surface area (Å²) in [4.78, 5) is 23.9. The molecule has 27 heavy (non-hydrogen) atoms. The van der Waals surface area contributed by atoms with Gasteiger partial charge < -0.3 is 14.5 Å². The van der Waals surface area contributed by atoms with Gasteiger partial charge in [-0.05, 0) is 24.3 Å². The number of ether oxygens (including phenoxy) is 1. The maximum Gasteiger partial charge on any atom is 0.418 e. The number of hydrogen-bond donors (Lipinski definition) is 1. The summed E-state index contributed by atoms with van der Waals surface area (Å²) >= 11 is 5.75. The fraction of sp³-hybridized carbons (Fsp3) is 0.111. The third-order valence-corrected chi connectivity index (χ3v) is 3.86. The van der Waals surface area contributed by atoms with Crippen molar-refractivity contribution in [2.45, 2.75) is 6.18 Å². The standard InChI is InChI=1S/C18H11ClF3NO4/c19-12-6-3-5-11(18(20,21)22)16(12)23-15(24)9-26-17(25)14-8-10-4-1-2-7-13(10)27-14/h1-8H,9H2,(H,23,24). The number of halogens is 4. The Balaban J connectivity index is 1.67. The molecule has 0 aliphatic rings. The highest BCUT2D eigenvalue weighted by Crippen LogP contribution is 2.38. The highest BCUT2D eigenvalue weighted by molar-refractivity contribution is 6.34. The predicted molar refractivity (Wildman–Crippen MR) is 91.6 cm³/mol. The average molecular weight is 398 g/mol. The predicted octanol–water partition coefficient (Wildman–Crippen LogP) is 4.90. The van der Waals surface area contributed by atoms with Gasteiger partial charge in [0.15, 0.2) is 6.61 Å². The summed E-state index contributed by atoms with van der Waals surface area (Å²) in [6.07, 6.45) is -4.71. The number of benzene rings is 2. The molecular formula is C18H11ClF3NO4. The lowest BCUT2D eigenvalue weighted by molar-refractivity contribution is -0.137. The van der Waals surface area contributed by atoms with Crippen LogP contribution in [-0.4, -0.2) is 18.5 Å². The Morgan fingerprint density at radius 1 is 1.11 bits per heavy atom. The Labute approximate surface area is 155 Å². The highest BCUT2D eigenvalue weighted by Gasteiger charge is 2.34. The van der Waals surface area contributed by atoms with Crippen LogP contribution in [0.4, 0.5) is 18.9 Å². The number of para-hydroxylation sites is 2. The number of alkyl halides is 3. The van der Waals surface area contributed by atoms with Crippen molar-refractivity contribution >= 4 is 40.1 Å². The van der Waals surface area contributed by atoms with Crippen LogP contribution < -0.4 is 5.32 Å². The second-order valence-corrected chi connectivity index (χ2v) is 5.84. The van der Waals surface area contributed by atoms with E-state index < -0.39 is 35.9 Å². The second-order valence-electron chi connectivity index (χ2n) is 5.43. The van der Waals surface area contributed by atoms with E-state index in [9.17, 15) is 22.8 Å². The summed E-state index contributed by atoms with van der Waals surface area (Å²) in [6.45, 7) is -0.807. The lowest BCUT2D eigenvalue weighted by Crippen LogP contribution is -2.23. The van der Waals surface area contributed by atoms with Gasteiger partial charge in [0.05, 0.1) is 16.3 Å². The molecule has 1 N–H and O–H groups in total. The monoisotopic (exact) mass is 397 g/mol. The molecule has 0 aliphatic heterocycles. The normalized spacial score (nSPS) is 11.4. The van der Waals surface area contributed by atoms with Crippen molar-refractivity contribution in [3.63, 3.8) is 0 Å². The first-order valence-electron chi connectivity index (χ1n) is 7.57. The third-order valence-electron chi connectivity index (χ3n) is 3.54. The molecule has 1 heterocycles. The van der Waals surface area contributed by atoms with Crippen molar-refractivity contribution in [1.29, 1.82) is 0 Å². The van der Waals surface area contributed by atoms with Crippen LogP contribution in [0.1, 0.15) is 16.1 Å². The zero-order valence-electron chi connectivity index (χ0n) is 13.5. The smallest absolute Gasteiger partial charge is 0.418 e. The molecule has 3 rings (SSSR count). The van der Waals surface area contributed by atoms with Crippen molar-refractivity contribution in [2.75, 3.05) is 11.9 Å². The Kier molecular flexibility index (Phi) is 5.09. The summed E-state index contributed by atoms with van der Waals surface area (Å²) in [6, 6.07) is 11.4. The first-order valence-corrected chi connectivity index (χ1v) is 7.95. The van der Waals surface area contributed by atoms with Crippen molar-refractivity contribution in [3.8, 4) is 0 Å². The van der Waals surface area contributed by atoms with Gasteiger partial charge in [0.25, 0.3) is 5.91 Å². The molecule has 5 nitrogen and oxygen atoms in total. The molecule has 3 aromatic rings. The van der Waals surface area contributed by atoms with Crippen LogP contribution >= 0.6 is 11.6 Å². The zero-order chi connectivity index (χ0) is 19.6. The quantitative estimate of drug-likeness (QED) is 0.636. The van der Waals surface area contributed by atoms with E-state index in [4.69, 9.17) is 20.8 Å². The minimum absolute atomic E-state index is 0.127. The Morgan fingerprint density at radius 2 is 1.85 bits per heavy atom. The summed E-state index contributed by atoms with van der Waals surface area (Å²) in [7, 11) is 0. The van der Waals surface area contributed by atoms with Crippen molar-refractivity contribution < 1.29 is 31.9 Å². The molecule has 0 spiro atoms. The zero-order valence-corrected chi connectivity index (χ0v) is 14.2. The number of esters is 1. The van der Waals surface area contributed by atoms with Gasteiger partial charge in [-0.3, -0.25) is 4.79 Å². The number of carbonyl (C=O) groups excluding carboxylic acids is 2. The number of furan rings is 1. The van der Waals surface area contributed by atoms with Crippen molar-refractivity contribution in [2.24, 2.45) is 0 Å². The van der Waals surface area contributed by atoms with Crippen LogP contribution in [-0.2, 0) is 15.7 Å². The first kappa shape index (κ1) is 18.8. The van der Waals surface area contributed by atoms with E-state index in [-0.39, 0.29) is 10.8 Å². The molecule has 0 radical (unpaired) electrons. The Bertz CT molecular complexity index is 980. The van der Waals surface area contributed by atoms with Gasteiger partial charge >= 0.3 is 12.1 Å². The van der Waals surface area contributed by atoms with E-state index in [0.717, 1.165) is 12.1 Å². The van der Waals surface area contributed by atoms with E-state index in [1.807, 2.05) is 5.32 Å². The summed E-state index contributed by atoms with van der Waals surface area (Å²) < 4.78 is 49.1. The lowest BCUT2D eigenvalue weighted by Gasteiger charge is -2.15. The molecule has 0 aliphatic carbocycles. The van der Waals surface area contributed by atoms with Gasteiger partial charge in [0.1, 0.15) is 5.58 Å². The third kappa shape index (κ3) is 4.22. The molecule has 0 unspecified atom stereocenters. The van der Waals surface area contributed by atoms with E-state index in [1.165, 1.54) is 12.1 Å². The number of rotatable bonds is 4. The Hall–Kier alpha value is -3.00. The van der Waals surface area contributed by atoms with Crippen LogP contribution in [0.25, 0.3) is 11.0 Å². The maximum atomic E-state index is 13.0. The Morgan fingerprint density at radius 3 is 2.56 bits per heavy atom. The fourth-order valence-corrected chi connectivity index (χ4v) is 2.57. The van der Waals surface area contributed by atoms with E-state index in [0.29, 0.717) is 11.0 Å². The number of nitrogens with one attached hydrogen (secondary N) is 1. The van der Waals surface area contributed by atoms with Crippen LogP contribution in [0.15, 0.2) is 52.9 Å². The van der Waals surface area contributed by atoms with Crippen molar-refractivity contribution in [1.82, 2.24) is 0 Å². The first-order chi connectivity index (χ1) is 12.8. The van der Waals surface area contributed by atoms with Crippen LogP contribution in [0.5, 0.6) is 0 Å². The highest BCUT2D eigenvalue weighted by atomic mass is 35.5. The minimum atomic E-state index is -4.71. The number of anilines is 1. The van der Waals surface area contributed by atoms with Gasteiger partial charge in [-0.1, -0.05) is 35.9 Å². The molecule has 140 valence electrons. The molecule has 0 saturated heterocycles. The van der Waals surface area contributed by atoms with Gasteiger partial charge in [-0.2, -0.15) is 13.2 Å². The minimum Gasteiger partial charge on any atom is -0.450 e. The molecular weight excluding hydrogens is 387 g/mol. The molecule has 1 amide bonds. The topological polar surface area (TPSA) is 68.5 Å². The van der Waals surface area contributed by atoms with Gasteiger partial charge in [-0.15, -0.1) is 0 Å². The van der Waals surface area contributed by atoms with Crippen LogP contribution in [0.3, 0.4) is 0 Å². The number of hydrogen-bond acceptors (Lipinski definition) is 4. The molecule has 1 aromatic heterocycles. The van der Waals surface area contributed by atoms with Crippen LogP contribution in [0.2, 0.25) is 5.02 Å². The molecule has 0 bridgehead atoms. The van der Waals surface area contributed by atoms with E-state index >= 15 is 0 Å². The van der Waals surface area contributed by atoms with Gasteiger partial charge in [-0.25, -0.2) is 4.79 Å². The fourth-order valence-electron chi connectivity index (χ4n) is 2.35. The molecule has 2 aromatic carbocycles. The second kappa shape index (κ2) is 7.32. The average Bonchev–Trinajstić information content (AvgIpc) is 3.04. The number of amides is 1. The van der Waals surface area contributed by atoms with E-state index in [1.54, 1.807) is 24.3 Å². The number of fused-ring (bicyclic) bond motifs is 1. The SMILES string of the molecule is O=C(COC(=O)c1cc2ccccc2o1)Nc1c(Cl)cccc1C(F)(F)F. The molecule has 0 saturated carbocycles. The van der Waals surface area contributed by atoms with Crippen LogP contribution in [0, 0.1) is 0 Å². The van der Waals surface area contributed by atoms with Crippen molar-refractivity contribution in [3.05, 3.63) is 64.9 Å². The summed E-state index contributed by atoms with van der Waals surface area (Å²) in [5.74, 6) is -2.02.